The Balaban J connectivity index is 1.12. The van der Waals surface area contributed by atoms with Crippen molar-refractivity contribution in [2.45, 2.75) is 43.3 Å². The summed E-state index contributed by atoms with van der Waals surface area (Å²) in [6, 6.07) is 62.4. The van der Waals surface area contributed by atoms with E-state index < -0.39 is 7.92 Å². The molecular weight excluding hydrogens is 751 g/mol. The Kier molecular flexibility index (Phi) is 9.44. The second-order valence-electron chi connectivity index (χ2n) is 16.8. The maximum atomic E-state index is 6.92. The minimum atomic E-state index is -0.499. The number of benzene rings is 9. The van der Waals surface area contributed by atoms with Crippen LogP contribution in [0.15, 0.2) is 164 Å². The zero-order chi connectivity index (χ0) is 39.6. The van der Waals surface area contributed by atoms with Gasteiger partial charge < -0.3 is 11.5 Å². The van der Waals surface area contributed by atoms with E-state index in [1.54, 1.807) is 0 Å². The van der Waals surface area contributed by atoms with Gasteiger partial charge in [0, 0.05) is 11.7 Å². The summed E-state index contributed by atoms with van der Waals surface area (Å²) < 4.78 is 0. The lowest BCUT2D eigenvalue weighted by molar-refractivity contribution is 0.709. The van der Waals surface area contributed by atoms with Crippen molar-refractivity contribution in [3.8, 4) is 33.4 Å². The smallest absolute Gasteiger partial charge is 0.0197 e. The van der Waals surface area contributed by atoms with Gasteiger partial charge in [-0.25, -0.2) is 0 Å². The van der Waals surface area contributed by atoms with Crippen molar-refractivity contribution in [2.75, 3.05) is 12.7 Å². The molecule has 59 heavy (non-hydrogen) atoms. The van der Waals surface area contributed by atoms with Crippen molar-refractivity contribution in [1.82, 2.24) is 0 Å². The van der Waals surface area contributed by atoms with Crippen LogP contribution in [0.2, 0.25) is 0 Å². The molecule has 11 rings (SSSR count). The summed E-state index contributed by atoms with van der Waals surface area (Å²) in [5.41, 5.74) is 29.0. The Morgan fingerprint density at radius 1 is 0.475 bits per heavy atom. The van der Waals surface area contributed by atoms with Gasteiger partial charge in [0.05, 0.1) is 0 Å². The Bertz CT molecular complexity index is 3080. The van der Waals surface area contributed by atoms with Gasteiger partial charge in [0.1, 0.15) is 0 Å². The molecule has 4 N–H and O–H groups in total. The van der Waals surface area contributed by atoms with Gasteiger partial charge in [0.15, 0.2) is 0 Å². The van der Waals surface area contributed by atoms with Gasteiger partial charge in [0.2, 0.25) is 0 Å². The van der Waals surface area contributed by atoms with Crippen LogP contribution in [0.1, 0.15) is 40.4 Å². The Hall–Kier alpha value is -5.20. The van der Waals surface area contributed by atoms with Crippen molar-refractivity contribution in [3.63, 3.8) is 0 Å². The van der Waals surface area contributed by atoms with Gasteiger partial charge in [-0.2, -0.15) is 0 Å². The van der Waals surface area contributed by atoms with Crippen LogP contribution in [0.5, 0.6) is 0 Å². The van der Waals surface area contributed by atoms with Gasteiger partial charge in [0.25, 0.3) is 0 Å². The first-order valence-electron chi connectivity index (χ1n) is 21.1. The fourth-order valence-electron chi connectivity index (χ4n) is 10.6. The first kappa shape index (κ1) is 36.8. The molecule has 2 aliphatic rings. The molecule has 9 aromatic carbocycles. The van der Waals surface area contributed by atoms with Crippen LogP contribution in [-0.2, 0) is 24.6 Å². The largest absolute Gasteiger partial charge is 0.330 e. The Labute approximate surface area is 349 Å². The molecule has 0 saturated carbocycles. The van der Waals surface area contributed by atoms with Gasteiger partial charge in [-0.3, -0.25) is 0 Å². The quantitative estimate of drug-likeness (QED) is 0.165. The van der Waals surface area contributed by atoms with E-state index >= 15 is 0 Å². The molecule has 0 bridgehead atoms. The molecule has 2 heterocycles. The lowest BCUT2D eigenvalue weighted by atomic mass is 9.84. The highest BCUT2D eigenvalue weighted by Crippen LogP contribution is 2.62. The molecule has 4 unspecified atom stereocenters. The highest BCUT2D eigenvalue weighted by Gasteiger charge is 2.32. The van der Waals surface area contributed by atoms with Crippen LogP contribution >= 0.6 is 15.8 Å². The third-order valence-electron chi connectivity index (χ3n) is 13.1. The van der Waals surface area contributed by atoms with Gasteiger partial charge in [-0.1, -0.05) is 168 Å². The van der Waals surface area contributed by atoms with Gasteiger partial charge in [-0.15, -0.1) is 0 Å². The molecule has 2 aliphatic heterocycles. The summed E-state index contributed by atoms with van der Waals surface area (Å²) in [6.45, 7) is 2.94. The molecule has 0 radical (unpaired) electrons. The molecule has 0 fully saturated rings. The number of nitrogens with two attached hydrogens (primary N) is 2. The zero-order valence-electron chi connectivity index (χ0n) is 33.5. The molecule has 0 saturated heterocycles. The summed E-state index contributed by atoms with van der Waals surface area (Å²) >= 11 is 0. The second-order valence-corrected chi connectivity index (χ2v) is 21.6. The van der Waals surface area contributed by atoms with Crippen molar-refractivity contribution in [2.24, 2.45) is 11.5 Å². The number of hydrogen-bond donors (Lipinski definition) is 2. The summed E-state index contributed by atoms with van der Waals surface area (Å²) in [4.78, 5) is 0. The normalized spacial score (nSPS) is 17.1. The zero-order valence-corrected chi connectivity index (χ0v) is 35.3. The highest BCUT2D eigenvalue weighted by molar-refractivity contribution is 7.56. The summed E-state index contributed by atoms with van der Waals surface area (Å²) in [5.74, 6) is 0. The molecule has 288 valence electrons. The fourth-order valence-corrected chi connectivity index (χ4v) is 16.1. The Morgan fingerprint density at radius 2 is 0.983 bits per heavy atom. The third kappa shape index (κ3) is 6.32. The third-order valence-corrected chi connectivity index (χ3v) is 18.6. The molecular formula is C55H48N2P2. The minimum Gasteiger partial charge on any atom is -0.330 e. The van der Waals surface area contributed by atoms with Crippen LogP contribution in [0.3, 0.4) is 0 Å². The maximum absolute atomic E-state index is 6.92. The summed E-state index contributed by atoms with van der Waals surface area (Å²) in [5, 5.41) is 10.6. The summed E-state index contributed by atoms with van der Waals surface area (Å²) in [7, 11) is -0.798. The van der Waals surface area contributed by atoms with Crippen molar-refractivity contribution < 1.29 is 0 Å². The monoisotopic (exact) mass is 798 g/mol. The number of hydrogen-bond acceptors (Lipinski definition) is 2. The summed E-state index contributed by atoms with van der Waals surface area (Å²) in [6.07, 6.45) is 5.38. The van der Waals surface area contributed by atoms with Crippen LogP contribution in [0, 0.1) is 0 Å². The average molecular weight is 799 g/mol. The van der Waals surface area contributed by atoms with Gasteiger partial charge in [-0.05, 0) is 161 Å². The molecule has 9 aromatic rings. The fraction of sp³-hybridized carbons (Fsp3) is 0.164. The lowest BCUT2D eigenvalue weighted by Gasteiger charge is -2.31. The number of fused-ring (bicyclic) bond motifs is 14. The first-order valence-corrected chi connectivity index (χ1v) is 24.8. The van der Waals surface area contributed by atoms with E-state index in [0.717, 1.165) is 37.4 Å². The van der Waals surface area contributed by atoms with E-state index in [2.05, 4.69) is 171 Å². The molecule has 0 amide bonds. The van der Waals surface area contributed by atoms with E-state index in [0.29, 0.717) is 5.66 Å². The van der Waals surface area contributed by atoms with E-state index in [4.69, 9.17) is 11.5 Å². The molecule has 0 aliphatic carbocycles. The van der Waals surface area contributed by atoms with Gasteiger partial charge >= 0.3 is 0 Å². The van der Waals surface area contributed by atoms with E-state index in [1.807, 2.05) is 0 Å². The molecule has 0 aromatic heterocycles. The predicted molar refractivity (Wildman–Crippen MR) is 258 cm³/mol. The average Bonchev–Trinajstić information content (AvgIpc) is 3.54. The number of rotatable bonds is 6. The van der Waals surface area contributed by atoms with Crippen LogP contribution in [0.4, 0.5) is 0 Å². The topological polar surface area (TPSA) is 52.0 Å². The van der Waals surface area contributed by atoms with Crippen LogP contribution in [-0.4, -0.2) is 18.7 Å². The van der Waals surface area contributed by atoms with E-state index in [9.17, 15) is 0 Å². The molecule has 4 atom stereocenters. The molecule has 4 heteroatoms. The molecule has 2 nitrogen and oxygen atoms in total. The second kappa shape index (κ2) is 15.1. The Morgan fingerprint density at radius 3 is 1.61 bits per heavy atom. The maximum Gasteiger partial charge on any atom is 0.0197 e. The minimum absolute atomic E-state index is 0.0618. The first-order chi connectivity index (χ1) is 29.0. The van der Waals surface area contributed by atoms with Crippen molar-refractivity contribution >= 4 is 58.9 Å². The van der Waals surface area contributed by atoms with Crippen molar-refractivity contribution in [3.05, 3.63) is 192 Å². The van der Waals surface area contributed by atoms with Crippen molar-refractivity contribution in [1.29, 1.82) is 0 Å². The molecule has 0 spiro atoms. The highest BCUT2D eigenvalue weighted by atomic mass is 31.1. The SMILES string of the molecule is CC(N)C(c1ccccc1)P1Cc2ccc3ccccc3c2-c2c(ccc3cc(-c4cc5c(c6ccccc46)-c4c(ccc6ccccc46)CP(CCN)C5)ccc23)C1. The van der Waals surface area contributed by atoms with Crippen LogP contribution < -0.4 is 11.5 Å². The van der Waals surface area contributed by atoms with Crippen LogP contribution in [0.25, 0.3) is 76.5 Å². The van der Waals surface area contributed by atoms with E-state index in [-0.39, 0.29) is 14.0 Å². The lowest BCUT2D eigenvalue weighted by Crippen LogP contribution is -2.24. The predicted octanol–water partition coefficient (Wildman–Crippen LogP) is 14.3. The standard InChI is InChI=1S/C55H48N2P2/c1-35(57)55(38-13-3-2-4-14-38)59-33-42-23-20-37-12-6-8-16-46(37)52(42)53-43(34-59)24-21-39-29-40(25-26-47(39)53)50-30-44-32-58(28-27-56)31-41-22-19-36-11-5-7-15-45(36)51(41)54(44)49-18-10-9-17-48(49)50/h2-26,29-30,35,55H,27-28,31-34,56-57H2,1H3. The van der Waals surface area contributed by atoms with E-state index in [1.165, 1.54) is 104 Å².